The molecular formula is C16H22N4. The standard InChI is InChI=1S/C16H22N4/c1-19-9-11-20(12-10-19)15-5-3-14(4-6-15)18-16(13-17)7-2-8-16/h3-6,18H,2,7-12H2,1H3. The van der Waals surface area contributed by atoms with Gasteiger partial charge >= 0.3 is 0 Å². The molecule has 0 amide bonds. The highest BCUT2D eigenvalue weighted by Gasteiger charge is 2.36. The molecule has 0 aromatic heterocycles. The largest absolute Gasteiger partial charge is 0.369 e. The average molecular weight is 270 g/mol. The quantitative estimate of drug-likeness (QED) is 0.915. The van der Waals surface area contributed by atoms with Crippen molar-refractivity contribution in [2.75, 3.05) is 43.4 Å². The molecule has 2 fully saturated rings. The Morgan fingerprint density at radius 3 is 2.25 bits per heavy atom. The van der Waals surface area contributed by atoms with Crippen LogP contribution in [0.5, 0.6) is 0 Å². The van der Waals surface area contributed by atoms with Crippen LogP contribution in [0.15, 0.2) is 24.3 Å². The molecule has 1 aliphatic heterocycles. The lowest BCUT2D eigenvalue weighted by Crippen LogP contribution is -2.44. The van der Waals surface area contributed by atoms with Crippen molar-refractivity contribution in [2.24, 2.45) is 0 Å². The van der Waals surface area contributed by atoms with Crippen LogP contribution in [0.1, 0.15) is 19.3 Å². The lowest BCUT2D eigenvalue weighted by molar-refractivity contribution is 0.313. The number of piperazine rings is 1. The molecule has 0 unspecified atom stereocenters. The smallest absolute Gasteiger partial charge is 0.125 e. The lowest BCUT2D eigenvalue weighted by atomic mass is 9.78. The highest BCUT2D eigenvalue weighted by Crippen LogP contribution is 2.35. The minimum absolute atomic E-state index is 0.310. The van der Waals surface area contributed by atoms with E-state index in [0.29, 0.717) is 0 Å². The van der Waals surface area contributed by atoms with Crippen LogP contribution in [0.2, 0.25) is 0 Å². The SMILES string of the molecule is CN1CCN(c2ccc(NC3(C#N)CCC3)cc2)CC1. The van der Waals surface area contributed by atoms with Crippen molar-refractivity contribution in [1.82, 2.24) is 4.90 Å². The van der Waals surface area contributed by atoms with Crippen LogP contribution in [-0.2, 0) is 0 Å². The van der Waals surface area contributed by atoms with Gasteiger partial charge in [0, 0.05) is 37.6 Å². The van der Waals surface area contributed by atoms with Gasteiger partial charge < -0.3 is 15.1 Å². The predicted octanol–water partition coefficient (Wildman–Crippen LogP) is 2.30. The Hall–Kier alpha value is -1.73. The van der Waals surface area contributed by atoms with E-state index in [4.69, 9.17) is 0 Å². The third-order valence-corrected chi connectivity index (χ3v) is 4.54. The number of benzene rings is 1. The van der Waals surface area contributed by atoms with Gasteiger partial charge in [-0.15, -0.1) is 0 Å². The van der Waals surface area contributed by atoms with Gasteiger partial charge in [0.1, 0.15) is 5.54 Å². The molecule has 1 heterocycles. The maximum Gasteiger partial charge on any atom is 0.125 e. The summed E-state index contributed by atoms with van der Waals surface area (Å²) in [5.41, 5.74) is 2.03. The number of hydrogen-bond donors (Lipinski definition) is 1. The van der Waals surface area contributed by atoms with Crippen LogP contribution < -0.4 is 10.2 Å². The molecule has 106 valence electrons. The molecule has 0 bridgehead atoms. The third-order valence-electron chi connectivity index (χ3n) is 4.54. The molecule has 2 aliphatic rings. The number of nitrogens with zero attached hydrogens (tertiary/aromatic N) is 3. The minimum Gasteiger partial charge on any atom is -0.369 e. The fourth-order valence-corrected chi connectivity index (χ4v) is 2.89. The minimum atomic E-state index is -0.310. The lowest BCUT2D eigenvalue weighted by Gasteiger charge is -2.37. The van der Waals surface area contributed by atoms with E-state index in [9.17, 15) is 5.26 Å². The van der Waals surface area contributed by atoms with Gasteiger partial charge in [0.05, 0.1) is 6.07 Å². The van der Waals surface area contributed by atoms with Gasteiger partial charge in [-0.3, -0.25) is 0 Å². The highest BCUT2D eigenvalue weighted by atomic mass is 15.2. The Labute approximate surface area is 121 Å². The monoisotopic (exact) mass is 270 g/mol. The molecule has 1 saturated carbocycles. The molecule has 1 aliphatic carbocycles. The van der Waals surface area contributed by atoms with Gasteiger partial charge in [-0.2, -0.15) is 5.26 Å². The molecule has 4 nitrogen and oxygen atoms in total. The van der Waals surface area contributed by atoms with Gasteiger partial charge in [0.15, 0.2) is 0 Å². The summed E-state index contributed by atoms with van der Waals surface area (Å²) >= 11 is 0. The molecule has 0 atom stereocenters. The Morgan fingerprint density at radius 2 is 1.75 bits per heavy atom. The summed E-state index contributed by atoms with van der Waals surface area (Å²) in [4.78, 5) is 4.78. The van der Waals surface area contributed by atoms with Gasteiger partial charge in [-0.25, -0.2) is 0 Å². The summed E-state index contributed by atoms with van der Waals surface area (Å²) in [6, 6.07) is 11.0. The molecule has 1 aromatic carbocycles. The Bertz CT molecular complexity index is 490. The van der Waals surface area contributed by atoms with Crippen LogP contribution in [0, 0.1) is 11.3 Å². The fourth-order valence-electron chi connectivity index (χ4n) is 2.89. The second kappa shape index (κ2) is 5.34. The van der Waals surface area contributed by atoms with Crippen molar-refractivity contribution in [3.63, 3.8) is 0 Å². The molecule has 20 heavy (non-hydrogen) atoms. The number of rotatable bonds is 3. The van der Waals surface area contributed by atoms with Crippen LogP contribution >= 0.6 is 0 Å². The first-order valence-electron chi connectivity index (χ1n) is 7.44. The third kappa shape index (κ3) is 2.59. The Balaban J connectivity index is 1.64. The summed E-state index contributed by atoms with van der Waals surface area (Å²) in [5, 5.41) is 12.6. The predicted molar refractivity (Wildman–Crippen MR) is 82.0 cm³/mol. The molecule has 1 N–H and O–H groups in total. The van der Waals surface area contributed by atoms with Crippen molar-refractivity contribution < 1.29 is 0 Å². The van der Waals surface area contributed by atoms with Crippen LogP contribution in [0.25, 0.3) is 0 Å². The summed E-state index contributed by atoms with van der Waals surface area (Å²) in [5.74, 6) is 0. The van der Waals surface area contributed by atoms with Crippen molar-refractivity contribution in [3.05, 3.63) is 24.3 Å². The van der Waals surface area contributed by atoms with Crippen LogP contribution in [0.4, 0.5) is 11.4 Å². The fraction of sp³-hybridized carbons (Fsp3) is 0.562. The van der Waals surface area contributed by atoms with Gasteiger partial charge in [0.2, 0.25) is 0 Å². The van der Waals surface area contributed by atoms with E-state index in [2.05, 4.69) is 52.5 Å². The van der Waals surface area contributed by atoms with Crippen LogP contribution in [0.3, 0.4) is 0 Å². The van der Waals surface area contributed by atoms with Crippen molar-refractivity contribution in [3.8, 4) is 6.07 Å². The molecule has 0 spiro atoms. The molecule has 4 heteroatoms. The normalized spacial score (nSPS) is 21.9. The van der Waals surface area contributed by atoms with E-state index in [1.807, 2.05) is 0 Å². The second-order valence-corrected chi connectivity index (χ2v) is 6.01. The molecular weight excluding hydrogens is 248 g/mol. The van der Waals surface area contributed by atoms with Crippen molar-refractivity contribution in [2.45, 2.75) is 24.8 Å². The molecule has 1 aromatic rings. The van der Waals surface area contributed by atoms with E-state index in [-0.39, 0.29) is 5.54 Å². The van der Waals surface area contributed by atoms with Crippen LogP contribution in [-0.4, -0.2) is 43.7 Å². The first-order chi connectivity index (χ1) is 9.71. The zero-order chi connectivity index (χ0) is 14.0. The number of anilines is 2. The topological polar surface area (TPSA) is 42.3 Å². The first-order valence-corrected chi connectivity index (χ1v) is 7.44. The number of likely N-dealkylation sites (N-methyl/N-ethyl adjacent to an activating group) is 1. The summed E-state index contributed by atoms with van der Waals surface area (Å²) in [6.07, 6.45) is 3.08. The maximum atomic E-state index is 9.26. The summed E-state index contributed by atoms with van der Waals surface area (Å²) < 4.78 is 0. The first kappa shape index (κ1) is 13.3. The number of nitriles is 1. The number of nitrogens with one attached hydrogen (secondary N) is 1. The Kier molecular flexibility index (Phi) is 3.54. The molecule has 0 radical (unpaired) electrons. The molecule has 1 saturated heterocycles. The molecule has 3 rings (SSSR count). The van der Waals surface area contributed by atoms with Gasteiger partial charge in [-0.05, 0) is 50.6 Å². The van der Waals surface area contributed by atoms with E-state index in [1.54, 1.807) is 0 Å². The van der Waals surface area contributed by atoms with Gasteiger partial charge in [0.25, 0.3) is 0 Å². The van der Waals surface area contributed by atoms with E-state index < -0.39 is 0 Å². The Morgan fingerprint density at radius 1 is 1.10 bits per heavy atom. The van der Waals surface area contributed by atoms with E-state index in [1.165, 1.54) is 5.69 Å². The highest BCUT2D eigenvalue weighted by molar-refractivity contribution is 5.57. The zero-order valence-electron chi connectivity index (χ0n) is 12.1. The van der Waals surface area contributed by atoms with E-state index in [0.717, 1.165) is 51.1 Å². The summed E-state index contributed by atoms with van der Waals surface area (Å²) in [7, 11) is 2.17. The van der Waals surface area contributed by atoms with Crippen molar-refractivity contribution in [1.29, 1.82) is 5.26 Å². The zero-order valence-corrected chi connectivity index (χ0v) is 12.1. The van der Waals surface area contributed by atoms with Gasteiger partial charge in [-0.1, -0.05) is 0 Å². The van der Waals surface area contributed by atoms with E-state index >= 15 is 0 Å². The van der Waals surface area contributed by atoms with Crippen molar-refractivity contribution >= 4 is 11.4 Å². The number of hydrogen-bond acceptors (Lipinski definition) is 4. The second-order valence-electron chi connectivity index (χ2n) is 6.01. The maximum absolute atomic E-state index is 9.26. The summed E-state index contributed by atoms with van der Waals surface area (Å²) in [6.45, 7) is 4.42. The average Bonchev–Trinajstić information content (AvgIpc) is 2.45.